The summed E-state index contributed by atoms with van der Waals surface area (Å²) in [5, 5.41) is 6.31. The number of nitrogens with zero attached hydrogens (tertiary/aromatic N) is 2. The molecule has 0 aromatic carbocycles. The molecule has 1 aliphatic rings. The van der Waals surface area contributed by atoms with Gasteiger partial charge in [0.05, 0.1) is 5.75 Å². The summed E-state index contributed by atoms with van der Waals surface area (Å²) in [4.78, 5) is 50.3. The van der Waals surface area contributed by atoms with Crippen molar-refractivity contribution in [2.45, 2.75) is 0 Å². The van der Waals surface area contributed by atoms with Crippen molar-refractivity contribution in [3.8, 4) is 0 Å². The summed E-state index contributed by atoms with van der Waals surface area (Å²) in [6.45, 7) is 0.0864. The van der Waals surface area contributed by atoms with Crippen LogP contribution in [0.3, 0.4) is 0 Å². The second kappa shape index (κ2) is 6.48. The van der Waals surface area contributed by atoms with Crippen LogP contribution in [0.4, 0.5) is 9.93 Å². The zero-order valence-electron chi connectivity index (χ0n) is 10.1. The van der Waals surface area contributed by atoms with Crippen LogP contribution in [-0.4, -0.2) is 51.7 Å². The van der Waals surface area contributed by atoms with Gasteiger partial charge in [-0.25, -0.2) is 4.98 Å². The molecule has 0 bridgehead atoms. The van der Waals surface area contributed by atoms with E-state index in [0.29, 0.717) is 5.13 Å². The Balaban J connectivity index is 1.73. The van der Waals surface area contributed by atoms with Crippen LogP contribution in [0.5, 0.6) is 0 Å². The summed E-state index contributed by atoms with van der Waals surface area (Å²) < 4.78 is 0. The highest BCUT2D eigenvalue weighted by molar-refractivity contribution is 8.14. The lowest BCUT2D eigenvalue weighted by molar-refractivity contribution is -0.136. The zero-order chi connectivity index (χ0) is 14.5. The molecule has 0 saturated carbocycles. The van der Waals surface area contributed by atoms with Gasteiger partial charge < -0.3 is 5.32 Å². The van der Waals surface area contributed by atoms with Crippen molar-refractivity contribution in [2.75, 3.05) is 24.2 Å². The Labute approximate surface area is 121 Å². The highest BCUT2D eigenvalue weighted by atomic mass is 32.2. The molecule has 2 heterocycles. The van der Waals surface area contributed by atoms with Gasteiger partial charge in [-0.05, 0) is 0 Å². The maximum Gasteiger partial charge on any atom is 0.315 e. The Morgan fingerprint density at radius 3 is 2.75 bits per heavy atom. The fourth-order valence-corrected chi connectivity index (χ4v) is 2.67. The number of rotatable bonds is 4. The number of thiazole rings is 1. The molecule has 1 saturated heterocycles. The third kappa shape index (κ3) is 3.54. The predicted molar refractivity (Wildman–Crippen MR) is 73.3 cm³/mol. The van der Waals surface area contributed by atoms with Gasteiger partial charge in [0.15, 0.2) is 5.13 Å². The quantitative estimate of drug-likeness (QED) is 0.751. The standard InChI is InChI=1S/C10H10N4O4S2/c15-6-5-20-10(18)14(6)3-1-11-7(16)8(17)13-9-12-2-4-19-9/h2,4H,1,3,5H2,(H,11,16)(H,12,13,17). The first-order valence-corrected chi connectivity index (χ1v) is 7.40. The monoisotopic (exact) mass is 314 g/mol. The van der Waals surface area contributed by atoms with Crippen LogP contribution in [-0.2, 0) is 14.4 Å². The van der Waals surface area contributed by atoms with Crippen LogP contribution in [0.25, 0.3) is 0 Å². The molecule has 4 amide bonds. The molecule has 2 rings (SSSR count). The van der Waals surface area contributed by atoms with Crippen LogP contribution < -0.4 is 10.6 Å². The predicted octanol–water partition coefficient (Wildman–Crippen LogP) is -0.107. The Morgan fingerprint density at radius 2 is 2.15 bits per heavy atom. The third-order valence-electron chi connectivity index (χ3n) is 2.32. The minimum atomic E-state index is -0.841. The number of anilines is 1. The molecule has 1 fully saturated rings. The number of hydrogen-bond donors (Lipinski definition) is 2. The molecule has 0 radical (unpaired) electrons. The SMILES string of the molecule is O=C(NCCN1C(=O)CSC1=O)C(=O)Nc1nccs1. The van der Waals surface area contributed by atoms with E-state index in [-0.39, 0.29) is 30.0 Å². The smallest absolute Gasteiger partial charge is 0.315 e. The van der Waals surface area contributed by atoms with Gasteiger partial charge in [0.1, 0.15) is 0 Å². The second-order valence-corrected chi connectivity index (χ2v) is 5.47. The maximum atomic E-state index is 11.5. The number of thioether (sulfide) groups is 1. The highest BCUT2D eigenvalue weighted by Crippen LogP contribution is 2.17. The van der Waals surface area contributed by atoms with E-state index in [0.717, 1.165) is 16.7 Å². The minimum Gasteiger partial charge on any atom is -0.346 e. The van der Waals surface area contributed by atoms with Crippen LogP contribution in [0, 0.1) is 0 Å². The summed E-state index contributed by atoms with van der Waals surface area (Å²) in [6, 6.07) is 0. The summed E-state index contributed by atoms with van der Waals surface area (Å²) in [6.07, 6.45) is 1.50. The van der Waals surface area contributed by atoms with Crippen molar-refractivity contribution in [3.63, 3.8) is 0 Å². The number of amides is 4. The fraction of sp³-hybridized carbons (Fsp3) is 0.300. The van der Waals surface area contributed by atoms with Crippen molar-refractivity contribution in [1.29, 1.82) is 0 Å². The van der Waals surface area contributed by atoms with Gasteiger partial charge in [0, 0.05) is 24.7 Å². The fourth-order valence-electron chi connectivity index (χ4n) is 1.40. The summed E-state index contributed by atoms with van der Waals surface area (Å²) in [5.74, 6) is -1.85. The average Bonchev–Trinajstić information content (AvgIpc) is 3.02. The zero-order valence-corrected chi connectivity index (χ0v) is 11.8. The van der Waals surface area contributed by atoms with E-state index in [4.69, 9.17) is 0 Å². The van der Waals surface area contributed by atoms with Gasteiger partial charge in [0.2, 0.25) is 5.91 Å². The normalized spacial score (nSPS) is 14.5. The Hall–Kier alpha value is -1.94. The van der Waals surface area contributed by atoms with Crippen molar-refractivity contribution in [2.24, 2.45) is 0 Å². The summed E-state index contributed by atoms with van der Waals surface area (Å²) in [7, 11) is 0. The molecule has 0 unspecified atom stereocenters. The Morgan fingerprint density at radius 1 is 1.35 bits per heavy atom. The molecule has 1 aliphatic heterocycles. The number of hydrogen-bond acceptors (Lipinski definition) is 7. The van der Waals surface area contributed by atoms with Gasteiger partial charge >= 0.3 is 11.8 Å². The molecule has 106 valence electrons. The van der Waals surface area contributed by atoms with Gasteiger partial charge in [-0.1, -0.05) is 11.8 Å². The van der Waals surface area contributed by atoms with Crippen molar-refractivity contribution >= 4 is 51.2 Å². The van der Waals surface area contributed by atoms with E-state index in [1.165, 1.54) is 17.5 Å². The topological polar surface area (TPSA) is 108 Å². The van der Waals surface area contributed by atoms with E-state index in [1.54, 1.807) is 5.38 Å². The summed E-state index contributed by atoms with van der Waals surface area (Å²) >= 11 is 2.11. The number of nitrogens with one attached hydrogen (secondary N) is 2. The van der Waals surface area contributed by atoms with Gasteiger partial charge in [-0.3, -0.25) is 29.4 Å². The molecule has 0 spiro atoms. The van der Waals surface area contributed by atoms with Gasteiger partial charge in [0.25, 0.3) is 5.24 Å². The number of carbonyl (C=O) groups excluding carboxylic acids is 4. The molecule has 8 nitrogen and oxygen atoms in total. The van der Waals surface area contributed by atoms with Crippen LogP contribution in [0.1, 0.15) is 0 Å². The highest BCUT2D eigenvalue weighted by Gasteiger charge is 2.29. The molecule has 1 aromatic rings. The first-order valence-electron chi connectivity index (χ1n) is 5.53. The van der Waals surface area contributed by atoms with E-state index < -0.39 is 11.8 Å². The molecule has 0 atom stereocenters. The van der Waals surface area contributed by atoms with Crippen LogP contribution >= 0.6 is 23.1 Å². The molecular formula is C10H10N4O4S2. The average molecular weight is 314 g/mol. The molecular weight excluding hydrogens is 304 g/mol. The third-order valence-corrected chi connectivity index (χ3v) is 3.87. The molecule has 10 heteroatoms. The van der Waals surface area contributed by atoms with Crippen molar-refractivity contribution in [3.05, 3.63) is 11.6 Å². The lowest BCUT2D eigenvalue weighted by Gasteiger charge is -2.12. The van der Waals surface area contributed by atoms with E-state index in [1.807, 2.05) is 0 Å². The Bertz CT molecular complexity index is 529. The number of carbonyl (C=O) groups is 4. The van der Waals surface area contributed by atoms with E-state index in [9.17, 15) is 19.2 Å². The molecule has 2 N–H and O–H groups in total. The number of imide groups is 1. The van der Waals surface area contributed by atoms with Crippen LogP contribution in [0.15, 0.2) is 11.6 Å². The largest absolute Gasteiger partial charge is 0.346 e. The molecule has 1 aromatic heterocycles. The lowest BCUT2D eigenvalue weighted by Crippen LogP contribution is -2.41. The maximum absolute atomic E-state index is 11.5. The summed E-state index contributed by atoms with van der Waals surface area (Å²) in [5.41, 5.74) is 0. The van der Waals surface area contributed by atoms with E-state index >= 15 is 0 Å². The first kappa shape index (κ1) is 14.5. The second-order valence-electron chi connectivity index (χ2n) is 3.65. The lowest BCUT2D eigenvalue weighted by atomic mass is 10.4. The molecule has 0 aliphatic carbocycles. The van der Waals surface area contributed by atoms with E-state index in [2.05, 4.69) is 15.6 Å². The number of aromatic nitrogens is 1. The van der Waals surface area contributed by atoms with Crippen molar-refractivity contribution in [1.82, 2.24) is 15.2 Å². The Kier molecular flexibility index (Phi) is 4.69. The minimum absolute atomic E-state index is 0.0299. The van der Waals surface area contributed by atoms with Gasteiger partial charge in [-0.15, -0.1) is 11.3 Å². The van der Waals surface area contributed by atoms with Crippen molar-refractivity contribution < 1.29 is 19.2 Å². The van der Waals surface area contributed by atoms with Gasteiger partial charge in [-0.2, -0.15) is 0 Å². The first-order chi connectivity index (χ1) is 9.58. The molecule has 20 heavy (non-hydrogen) atoms. The van der Waals surface area contributed by atoms with Crippen LogP contribution in [0.2, 0.25) is 0 Å².